The van der Waals surface area contributed by atoms with Crippen LogP contribution in [0.1, 0.15) is 34.8 Å². The smallest absolute Gasteiger partial charge is 0.181 e. The molecule has 6 nitrogen and oxygen atoms in total. The average molecular weight is 514 g/mol. The fourth-order valence-corrected chi connectivity index (χ4v) is 5.53. The molecule has 0 aliphatic heterocycles. The van der Waals surface area contributed by atoms with E-state index in [1.54, 1.807) is 6.20 Å². The van der Waals surface area contributed by atoms with Crippen LogP contribution in [0.25, 0.3) is 22.4 Å². The molecule has 2 unspecified atom stereocenters. The summed E-state index contributed by atoms with van der Waals surface area (Å²) >= 11 is 2.32. The summed E-state index contributed by atoms with van der Waals surface area (Å²) < 4.78 is 13.8. The van der Waals surface area contributed by atoms with Crippen LogP contribution in [0.4, 0.5) is 0 Å². The van der Waals surface area contributed by atoms with E-state index in [0.717, 1.165) is 46.3 Å². The van der Waals surface area contributed by atoms with E-state index in [0.29, 0.717) is 12.1 Å². The van der Waals surface area contributed by atoms with Crippen LogP contribution in [0.3, 0.4) is 0 Å². The second-order valence-corrected chi connectivity index (χ2v) is 8.99. The van der Waals surface area contributed by atoms with Gasteiger partial charge in [-0.1, -0.05) is 6.07 Å². The van der Waals surface area contributed by atoms with Crippen LogP contribution < -0.4 is 4.74 Å². The number of hydrogen-bond donors (Lipinski definition) is 0. The zero-order chi connectivity index (χ0) is 20.0. The first kappa shape index (κ1) is 18.6. The van der Waals surface area contributed by atoms with Crippen molar-refractivity contribution in [2.45, 2.75) is 25.9 Å². The highest BCUT2D eigenvalue weighted by Crippen LogP contribution is 2.40. The van der Waals surface area contributed by atoms with Gasteiger partial charge in [-0.05, 0) is 82.8 Å². The fraction of sp³-hybridized carbons (Fsp3) is 0.190. The highest BCUT2D eigenvalue weighted by molar-refractivity contribution is 14.2. The Bertz CT molecular complexity index is 1260. The Kier molecular flexibility index (Phi) is 4.76. The number of nitrogens with zero attached hydrogens (tertiary/aromatic N) is 4. The van der Waals surface area contributed by atoms with Gasteiger partial charge >= 0.3 is 0 Å². The van der Waals surface area contributed by atoms with Crippen molar-refractivity contribution in [3.05, 3.63) is 65.2 Å². The van der Waals surface area contributed by atoms with Crippen LogP contribution in [0.5, 0.6) is 5.75 Å². The first-order valence-electron chi connectivity index (χ1n) is 9.17. The van der Waals surface area contributed by atoms with Crippen molar-refractivity contribution in [1.82, 2.24) is 14.5 Å². The van der Waals surface area contributed by atoms with Gasteiger partial charge in [0.1, 0.15) is 17.5 Å². The molecule has 0 radical (unpaired) electrons. The Morgan fingerprint density at radius 1 is 1.34 bits per heavy atom. The number of ether oxygens (including phenoxy) is 1. The maximum absolute atomic E-state index is 9.28. The standard InChI is InChI=1S/C21H16IN4O2P/c1-12-13(9-23)2-4-16-15(12)5-7-19(16)28-14-3-6-18-17(8-14)21(25-26(18)29-22)20-10-24-11-27-20/h2-4,6,8,10-11,19,29H,5,7H2,1H3. The molecule has 0 bridgehead atoms. The van der Waals surface area contributed by atoms with E-state index in [-0.39, 0.29) is 6.10 Å². The van der Waals surface area contributed by atoms with Crippen LogP contribution in [0, 0.1) is 18.3 Å². The van der Waals surface area contributed by atoms with E-state index in [9.17, 15) is 5.26 Å². The van der Waals surface area contributed by atoms with Gasteiger partial charge in [-0.2, -0.15) is 10.4 Å². The topological polar surface area (TPSA) is 76.9 Å². The number of benzene rings is 2. The summed E-state index contributed by atoms with van der Waals surface area (Å²) in [5.41, 5.74) is 6.06. The van der Waals surface area contributed by atoms with Gasteiger partial charge in [0.2, 0.25) is 0 Å². The SMILES string of the molecule is Cc1c(C#N)ccc2c1CCC2Oc1ccc2c(c1)c(-c1cnco1)nn2PI. The zero-order valence-corrected chi connectivity index (χ0v) is 18.7. The molecule has 1 aliphatic carbocycles. The molecule has 0 saturated carbocycles. The predicted octanol–water partition coefficient (Wildman–Crippen LogP) is 5.73. The Hall–Kier alpha value is -2.43. The number of hydrogen-bond acceptors (Lipinski definition) is 5. The second kappa shape index (κ2) is 7.43. The minimum absolute atomic E-state index is 0.0101. The molecule has 8 heteroatoms. The van der Waals surface area contributed by atoms with Crippen molar-refractivity contribution >= 4 is 39.3 Å². The normalized spacial score (nSPS) is 15.8. The molecule has 0 saturated heterocycles. The van der Waals surface area contributed by atoms with E-state index in [1.807, 2.05) is 41.7 Å². The molecule has 4 aromatic rings. The lowest BCUT2D eigenvalue weighted by atomic mass is 9.99. The lowest BCUT2D eigenvalue weighted by molar-refractivity contribution is 0.208. The highest BCUT2D eigenvalue weighted by atomic mass is 127. The Balaban J connectivity index is 1.53. The van der Waals surface area contributed by atoms with Gasteiger partial charge in [-0.15, -0.1) is 0 Å². The van der Waals surface area contributed by atoms with Gasteiger partial charge in [0, 0.05) is 5.39 Å². The summed E-state index contributed by atoms with van der Waals surface area (Å²) in [7, 11) is 0. The summed E-state index contributed by atoms with van der Waals surface area (Å²) in [6.07, 6.45) is 5.41. The van der Waals surface area contributed by atoms with Crippen molar-refractivity contribution in [2.24, 2.45) is 0 Å². The molecular weight excluding hydrogens is 498 g/mol. The molecule has 2 atom stereocenters. The van der Waals surface area contributed by atoms with Crippen molar-refractivity contribution in [2.75, 3.05) is 0 Å². The minimum atomic E-state index is -0.0101. The van der Waals surface area contributed by atoms with Crippen LogP contribution >= 0.6 is 28.4 Å². The van der Waals surface area contributed by atoms with E-state index < -0.39 is 0 Å². The Morgan fingerprint density at radius 2 is 2.24 bits per heavy atom. The average Bonchev–Trinajstić information content (AvgIpc) is 3.47. The van der Waals surface area contributed by atoms with E-state index in [1.165, 1.54) is 17.5 Å². The fourth-order valence-electron chi connectivity index (χ4n) is 4.00. The van der Waals surface area contributed by atoms with Crippen molar-refractivity contribution < 1.29 is 9.15 Å². The Morgan fingerprint density at radius 3 is 3.00 bits per heavy atom. The zero-order valence-electron chi connectivity index (χ0n) is 15.5. The molecular formula is C21H16IN4O2P. The van der Waals surface area contributed by atoms with Crippen LogP contribution in [0.2, 0.25) is 0 Å². The van der Waals surface area contributed by atoms with Gasteiger partial charge in [-0.3, -0.25) is 0 Å². The summed E-state index contributed by atoms with van der Waals surface area (Å²) in [5, 5.41) is 15.0. The maximum atomic E-state index is 9.28. The molecule has 144 valence electrons. The number of rotatable bonds is 4. The summed E-state index contributed by atoms with van der Waals surface area (Å²) in [4.78, 5) is 4.02. The number of oxazole rings is 1. The van der Waals surface area contributed by atoms with Crippen LogP contribution in [-0.2, 0) is 6.42 Å². The highest BCUT2D eigenvalue weighted by Gasteiger charge is 2.27. The molecule has 0 amide bonds. The van der Waals surface area contributed by atoms with Gasteiger partial charge < -0.3 is 9.15 Å². The van der Waals surface area contributed by atoms with Crippen molar-refractivity contribution in [3.8, 4) is 23.3 Å². The molecule has 0 spiro atoms. The Labute approximate surface area is 182 Å². The molecule has 29 heavy (non-hydrogen) atoms. The van der Waals surface area contributed by atoms with E-state index in [4.69, 9.17) is 14.3 Å². The molecule has 0 fully saturated rings. The monoisotopic (exact) mass is 514 g/mol. The molecule has 0 N–H and O–H groups in total. The third-order valence-electron chi connectivity index (χ3n) is 5.43. The number of fused-ring (bicyclic) bond motifs is 2. The van der Waals surface area contributed by atoms with Gasteiger partial charge in [0.25, 0.3) is 0 Å². The van der Waals surface area contributed by atoms with Crippen LogP contribution in [-0.4, -0.2) is 14.5 Å². The predicted molar refractivity (Wildman–Crippen MR) is 121 cm³/mol. The third kappa shape index (κ3) is 3.11. The third-order valence-corrected chi connectivity index (χ3v) is 7.31. The molecule has 1 aliphatic rings. The molecule has 2 heterocycles. The lowest BCUT2D eigenvalue weighted by Gasteiger charge is -2.16. The maximum Gasteiger partial charge on any atom is 0.181 e. The molecule has 5 rings (SSSR count). The number of nitriles is 1. The number of halogens is 1. The first-order chi connectivity index (χ1) is 14.2. The van der Waals surface area contributed by atoms with Gasteiger partial charge in [0.15, 0.2) is 12.2 Å². The lowest BCUT2D eigenvalue weighted by Crippen LogP contribution is -2.04. The summed E-state index contributed by atoms with van der Waals surface area (Å²) in [5.74, 6) is 1.45. The van der Waals surface area contributed by atoms with Crippen molar-refractivity contribution in [3.63, 3.8) is 0 Å². The number of aromatic nitrogens is 3. The van der Waals surface area contributed by atoms with Crippen LogP contribution in [0.15, 0.2) is 47.3 Å². The summed E-state index contributed by atoms with van der Waals surface area (Å²) in [6.45, 7) is 2.02. The quantitative estimate of drug-likeness (QED) is 0.257. The molecule has 2 aromatic heterocycles. The van der Waals surface area contributed by atoms with E-state index in [2.05, 4.69) is 33.1 Å². The second-order valence-electron chi connectivity index (χ2n) is 6.95. The summed E-state index contributed by atoms with van der Waals surface area (Å²) in [6, 6.07) is 12.3. The van der Waals surface area contributed by atoms with Gasteiger partial charge in [-0.25, -0.2) is 9.44 Å². The molecule has 2 aromatic carbocycles. The van der Waals surface area contributed by atoms with Crippen molar-refractivity contribution in [1.29, 1.82) is 5.26 Å². The van der Waals surface area contributed by atoms with Gasteiger partial charge in [0.05, 0.1) is 29.7 Å². The van der Waals surface area contributed by atoms with E-state index >= 15 is 0 Å². The largest absolute Gasteiger partial charge is 0.486 e. The first-order valence-corrected chi connectivity index (χ1v) is 13.2. The minimum Gasteiger partial charge on any atom is -0.486 e.